The monoisotopic (exact) mass is 468 g/mol. The fourth-order valence-corrected chi connectivity index (χ4v) is 4.93. The first-order chi connectivity index (χ1) is 17.2. The maximum atomic E-state index is 13.5. The number of carbonyl (C=O) groups excluding carboxylic acids is 1. The molecule has 2 aliphatic rings. The summed E-state index contributed by atoms with van der Waals surface area (Å²) in [5, 5.41) is 6.55. The predicted octanol–water partition coefficient (Wildman–Crippen LogP) is 4.19. The van der Waals surface area contributed by atoms with Crippen molar-refractivity contribution in [1.82, 2.24) is 14.8 Å². The maximum Gasteiger partial charge on any atom is 0.257 e. The number of piperazine rings is 1. The topological polar surface area (TPSA) is 48.4 Å². The van der Waals surface area contributed by atoms with E-state index in [2.05, 4.69) is 52.3 Å². The van der Waals surface area contributed by atoms with Gasteiger partial charge in [0.25, 0.3) is 5.91 Å². The van der Waals surface area contributed by atoms with Crippen molar-refractivity contribution in [2.24, 2.45) is 5.10 Å². The molecule has 1 amide bonds. The van der Waals surface area contributed by atoms with Crippen LogP contribution < -0.4 is 4.74 Å². The molecule has 0 unspecified atom stereocenters. The molecule has 5 rings (SSSR count). The first-order valence-corrected chi connectivity index (χ1v) is 12.3. The molecule has 6 heteroatoms. The Balaban J connectivity index is 1.28. The number of rotatable bonds is 7. The predicted molar refractivity (Wildman–Crippen MR) is 138 cm³/mol. The van der Waals surface area contributed by atoms with E-state index in [-0.39, 0.29) is 11.9 Å². The van der Waals surface area contributed by atoms with Crippen LogP contribution in [0.25, 0.3) is 0 Å². The molecule has 0 radical (unpaired) electrons. The summed E-state index contributed by atoms with van der Waals surface area (Å²) in [6.45, 7) is 5.01. The molecule has 3 aromatic rings. The van der Waals surface area contributed by atoms with E-state index in [9.17, 15) is 4.79 Å². The molecule has 1 atom stereocenters. The molecule has 0 spiro atoms. The van der Waals surface area contributed by atoms with Crippen molar-refractivity contribution >= 4 is 11.6 Å². The number of nitrogens with zero attached hydrogens (tertiary/aromatic N) is 4. The minimum atomic E-state index is -0.108. The van der Waals surface area contributed by atoms with Crippen LogP contribution in [0.3, 0.4) is 0 Å². The van der Waals surface area contributed by atoms with Gasteiger partial charge in [0.15, 0.2) is 0 Å². The Bertz CT molecular complexity index is 1160. The lowest BCUT2D eigenvalue weighted by molar-refractivity contribution is -0.134. The van der Waals surface area contributed by atoms with Crippen molar-refractivity contribution < 1.29 is 9.53 Å². The van der Waals surface area contributed by atoms with E-state index in [1.807, 2.05) is 42.5 Å². The zero-order valence-electron chi connectivity index (χ0n) is 20.2. The minimum Gasteiger partial charge on any atom is -0.496 e. The summed E-state index contributed by atoms with van der Waals surface area (Å²) in [5.74, 6) is 0.821. The molecule has 1 saturated heterocycles. The summed E-state index contributed by atoms with van der Waals surface area (Å²) in [4.78, 5) is 18.2. The number of methoxy groups -OCH3 is 1. The highest BCUT2D eigenvalue weighted by molar-refractivity contribution is 6.05. The van der Waals surface area contributed by atoms with Gasteiger partial charge in [-0.2, -0.15) is 5.10 Å². The summed E-state index contributed by atoms with van der Waals surface area (Å²) in [7, 11) is 1.67. The molecule has 2 aliphatic heterocycles. The molecular weight excluding hydrogens is 436 g/mol. The quantitative estimate of drug-likeness (QED) is 0.522. The molecule has 180 valence electrons. The Hall–Kier alpha value is -3.48. The number of carbonyl (C=O) groups is 1. The van der Waals surface area contributed by atoms with Gasteiger partial charge in [0.05, 0.1) is 25.4 Å². The van der Waals surface area contributed by atoms with Gasteiger partial charge in [0, 0.05) is 44.7 Å². The molecule has 0 aliphatic carbocycles. The van der Waals surface area contributed by atoms with E-state index in [0.717, 1.165) is 55.3 Å². The number of hydrogen-bond donors (Lipinski definition) is 0. The summed E-state index contributed by atoms with van der Waals surface area (Å²) in [6.07, 6.45) is 0.668. The Morgan fingerprint density at radius 3 is 2.20 bits per heavy atom. The number of ether oxygens (including phenoxy) is 1. The molecule has 3 aromatic carbocycles. The van der Waals surface area contributed by atoms with E-state index in [1.165, 1.54) is 5.56 Å². The molecular formula is C29H32N4O2. The van der Waals surface area contributed by atoms with Gasteiger partial charge < -0.3 is 4.74 Å². The second-order valence-corrected chi connectivity index (χ2v) is 9.15. The number of para-hydroxylation sites is 1. The summed E-state index contributed by atoms with van der Waals surface area (Å²) >= 11 is 0. The largest absolute Gasteiger partial charge is 0.496 e. The third kappa shape index (κ3) is 5.45. The smallest absolute Gasteiger partial charge is 0.257 e. The van der Waals surface area contributed by atoms with E-state index in [4.69, 9.17) is 9.84 Å². The first-order valence-electron chi connectivity index (χ1n) is 12.3. The highest BCUT2D eigenvalue weighted by atomic mass is 16.5. The van der Waals surface area contributed by atoms with Gasteiger partial charge in [0.1, 0.15) is 5.75 Å². The van der Waals surface area contributed by atoms with Gasteiger partial charge in [0.2, 0.25) is 0 Å². The van der Waals surface area contributed by atoms with Crippen molar-refractivity contribution in [2.45, 2.75) is 19.0 Å². The van der Waals surface area contributed by atoms with Crippen LogP contribution in [0.15, 0.2) is 90.0 Å². The van der Waals surface area contributed by atoms with Crippen LogP contribution in [0.4, 0.5) is 0 Å². The summed E-state index contributed by atoms with van der Waals surface area (Å²) < 4.78 is 5.57. The fourth-order valence-electron chi connectivity index (χ4n) is 4.93. The third-order valence-corrected chi connectivity index (χ3v) is 6.84. The lowest BCUT2D eigenvalue weighted by Gasteiger charge is -2.35. The molecule has 2 heterocycles. The Morgan fingerprint density at radius 2 is 1.49 bits per heavy atom. The number of hydrogen-bond acceptors (Lipinski definition) is 5. The lowest BCUT2D eigenvalue weighted by Crippen LogP contribution is -2.49. The maximum absolute atomic E-state index is 13.5. The van der Waals surface area contributed by atoms with Crippen molar-refractivity contribution in [3.05, 3.63) is 102 Å². The molecule has 1 fully saturated rings. The minimum absolute atomic E-state index is 0.0419. The second-order valence-electron chi connectivity index (χ2n) is 9.15. The molecule has 0 bridgehead atoms. The number of amides is 1. The summed E-state index contributed by atoms with van der Waals surface area (Å²) in [6, 6.07) is 28.5. The van der Waals surface area contributed by atoms with E-state index >= 15 is 0 Å². The van der Waals surface area contributed by atoms with Gasteiger partial charge >= 0.3 is 0 Å². The molecule has 35 heavy (non-hydrogen) atoms. The van der Waals surface area contributed by atoms with Crippen LogP contribution in [-0.4, -0.2) is 66.3 Å². The molecule has 0 N–H and O–H groups in total. The zero-order valence-corrected chi connectivity index (χ0v) is 20.2. The third-order valence-electron chi connectivity index (χ3n) is 6.84. The van der Waals surface area contributed by atoms with Crippen LogP contribution in [0.2, 0.25) is 0 Å². The molecule has 0 aromatic heterocycles. The highest BCUT2D eigenvalue weighted by Gasteiger charge is 2.34. The first kappa shape index (κ1) is 23.3. The number of benzene rings is 3. The van der Waals surface area contributed by atoms with Crippen molar-refractivity contribution in [1.29, 1.82) is 0 Å². The van der Waals surface area contributed by atoms with Crippen molar-refractivity contribution in [2.75, 3.05) is 39.8 Å². The second kappa shape index (κ2) is 10.8. The van der Waals surface area contributed by atoms with Gasteiger partial charge in [-0.25, -0.2) is 5.01 Å². The van der Waals surface area contributed by atoms with Crippen LogP contribution in [0.1, 0.15) is 29.2 Å². The van der Waals surface area contributed by atoms with E-state index < -0.39 is 0 Å². The van der Waals surface area contributed by atoms with Crippen molar-refractivity contribution in [3.63, 3.8) is 0 Å². The Morgan fingerprint density at radius 1 is 0.857 bits per heavy atom. The average molecular weight is 469 g/mol. The Kier molecular flexibility index (Phi) is 7.21. The SMILES string of the molecule is COc1ccccc1C1=NN(C(=O)CN2CCN(Cc3ccccc3)CC2)[C@@H](c2ccccc2)C1. The van der Waals surface area contributed by atoms with Gasteiger partial charge in [-0.05, 0) is 23.3 Å². The average Bonchev–Trinajstić information content (AvgIpc) is 3.36. The lowest BCUT2D eigenvalue weighted by atomic mass is 9.98. The van der Waals surface area contributed by atoms with E-state index in [0.29, 0.717) is 13.0 Å². The molecule has 0 saturated carbocycles. The van der Waals surface area contributed by atoms with E-state index in [1.54, 1.807) is 12.1 Å². The fraction of sp³-hybridized carbons (Fsp3) is 0.310. The normalized spacial score (nSPS) is 18.9. The van der Waals surface area contributed by atoms with Crippen molar-refractivity contribution in [3.8, 4) is 5.75 Å². The standard InChI is InChI=1S/C29H32N4O2/c1-35-28-15-9-8-14-25(28)26-20-27(24-12-6-3-7-13-24)33(30-26)29(34)22-32-18-16-31(17-19-32)21-23-10-4-2-5-11-23/h2-15,27H,16-22H2,1H3/t27-/m1/s1. The molecule has 6 nitrogen and oxygen atoms in total. The van der Waals surface area contributed by atoms with Gasteiger partial charge in [-0.3, -0.25) is 14.6 Å². The van der Waals surface area contributed by atoms with Gasteiger partial charge in [-0.15, -0.1) is 0 Å². The zero-order chi connectivity index (χ0) is 24.0. The van der Waals surface area contributed by atoms with Crippen LogP contribution >= 0.6 is 0 Å². The van der Waals surface area contributed by atoms with Crippen LogP contribution in [0, 0.1) is 0 Å². The van der Waals surface area contributed by atoms with Crippen LogP contribution in [0.5, 0.6) is 5.75 Å². The highest BCUT2D eigenvalue weighted by Crippen LogP contribution is 2.35. The number of hydrazone groups is 1. The van der Waals surface area contributed by atoms with Crippen LogP contribution in [-0.2, 0) is 11.3 Å². The van der Waals surface area contributed by atoms with Gasteiger partial charge in [-0.1, -0.05) is 72.8 Å². The summed E-state index contributed by atoms with van der Waals surface area (Å²) in [5.41, 5.74) is 4.26. The Labute approximate surface area is 207 Å².